The third-order valence-electron chi connectivity index (χ3n) is 5.83. The molecule has 2 heterocycles. The van der Waals surface area contributed by atoms with Gasteiger partial charge in [0.25, 0.3) is 5.91 Å². The summed E-state index contributed by atoms with van der Waals surface area (Å²) in [7, 11) is 1.58. The van der Waals surface area contributed by atoms with E-state index in [0.717, 1.165) is 32.9 Å². The molecular formula is C21H22N4O2S. The number of nitrogens with one attached hydrogen (secondary N) is 2. The lowest BCUT2D eigenvalue weighted by Crippen LogP contribution is -2.25. The van der Waals surface area contributed by atoms with Crippen LogP contribution in [0.15, 0.2) is 36.5 Å². The lowest BCUT2D eigenvalue weighted by atomic mass is 9.96. The molecule has 2 aromatic heterocycles. The van der Waals surface area contributed by atoms with Crippen molar-refractivity contribution in [3.8, 4) is 11.5 Å². The van der Waals surface area contributed by atoms with Crippen LogP contribution in [0.4, 0.5) is 5.13 Å². The predicted molar refractivity (Wildman–Crippen MR) is 110 cm³/mol. The Bertz CT molecular complexity index is 1030. The number of fused-ring (bicyclic) bond motifs is 3. The summed E-state index contributed by atoms with van der Waals surface area (Å²) in [5, 5.41) is 7.24. The minimum Gasteiger partial charge on any atom is -0.457 e. The van der Waals surface area contributed by atoms with Crippen LogP contribution in [0.2, 0.25) is 0 Å². The summed E-state index contributed by atoms with van der Waals surface area (Å²) >= 11 is 1.67. The van der Waals surface area contributed by atoms with Gasteiger partial charge in [-0.2, -0.15) is 0 Å². The summed E-state index contributed by atoms with van der Waals surface area (Å²) in [6.45, 7) is 0. The van der Waals surface area contributed by atoms with Gasteiger partial charge in [-0.15, -0.1) is 0 Å². The van der Waals surface area contributed by atoms with Crippen LogP contribution in [0.1, 0.15) is 36.2 Å². The first kappa shape index (κ1) is 17.4. The summed E-state index contributed by atoms with van der Waals surface area (Å²) in [5.41, 5.74) is 1.31. The molecule has 0 saturated heterocycles. The second-order valence-corrected chi connectivity index (χ2v) is 8.66. The highest BCUT2D eigenvalue weighted by Gasteiger charge is 2.39. The van der Waals surface area contributed by atoms with Gasteiger partial charge in [0, 0.05) is 31.4 Å². The van der Waals surface area contributed by atoms with Crippen molar-refractivity contribution in [2.45, 2.75) is 31.7 Å². The molecule has 2 aliphatic carbocycles. The second-order valence-electron chi connectivity index (χ2n) is 7.63. The number of carbonyl (C=O) groups excluding carboxylic acids is 1. The van der Waals surface area contributed by atoms with E-state index in [1.165, 1.54) is 25.7 Å². The van der Waals surface area contributed by atoms with E-state index in [-0.39, 0.29) is 5.91 Å². The molecule has 0 radical (unpaired) electrons. The molecule has 1 amide bonds. The Morgan fingerprint density at radius 1 is 1.18 bits per heavy atom. The van der Waals surface area contributed by atoms with Crippen LogP contribution in [0, 0.1) is 11.8 Å². The Kier molecular flexibility index (Phi) is 4.39. The van der Waals surface area contributed by atoms with E-state index in [1.54, 1.807) is 36.7 Å². The van der Waals surface area contributed by atoms with E-state index in [9.17, 15) is 4.79 Å². The van der Waals surface area contributed by atoms with Gasteiger partial charge in [0.15, 0.2) is 5.13 Å². The molecule has 5 rings (SSSR count). The lowest BCUT2D eigenvalue weighted by Gasteiger charge is -2.22. The molecule has 2 saturated carbocycles. The van der Waals surface area contributed by atoms with Crippen molar-refractivity contribution < 1.29 is 9.53 Å². The number of anilines is 1. The molecule has 6 nitrogen and oxygen atoms in total. The molecule has 144 valence electrons. The van der Waals surface area contributed by atoms with Gasteiger partial charge in [-0.1, -0.05) is 17.8 Å². The maximum absolute atomic E-state index is 11.7. The van der Waals surface area contributed by atoms with Crippen molar-refractivity contribution >= 4 is 32.6 Å². The molecule has 2 aliphatic rings. The highest BCUT2D eigenvalue weighted by atomic mass is 32.1. The van der Waals surface area contributed by atoms with Crippen molar-refractivity contribution in [2.75, 3.05) is 12.4 Å². The van der Waals surface area contributed by atoms with Crippen molar-refractivity contribution in [3.63, 3.8) is 0 Å². The third kappa shape index (κ3) is 3.30. The molecule has 7 heteroatoms. The van der Waals surface area contributed by atoms with Crippen molar-refractivity contribution in [2.24, 2.45) is 11.8 Å². The van der Waals surface area contributed by atoms with Crippen molar-refractivity contribution in [3.05, 3.63) is 42.2 Å². The number of hydrogen-bond donors (Lipinski definition) is 2. The molecule has 3 aromatic rings. The van der Waals surface area contributed by atoms with E-state index in [1.807, 2.05) is 18.2 Å². The predicted octanol–water partition coefficient (Wildman–Crippen LogP) is 4.44. The van der Waals surface area contributed by atoms with Crippen LogP contribution in [0.3, 0.4) is 0 Å². The normalized spacial score (nSPS) is 23.1. The maximum atomic E-state index is 11.7. The van der Waals surface area contributed by atoms with Gasteiger partial charge in [0.2, 0.25) is 0 Å². The average molecular weight is 395 g/mol. The van der Waals surface area contributed by atoms with Crippen LogP contribution in [0.25, 0.3) is 10.2 Å². The van der Waals surface area contributed by atoms with Gasteiger partial charge >= 0.3 is 0 Å². The summed E-state index contributed by atoms with van der Waals surface area (Å²) in [6, 6.07) is 9.84. The first-order chi connectivity index (χ1) is 13.7. The fourth-order valence-electron chi connectivity index (χ4n) is 4.47. The Hall–Kier alpha value is -2.67. The van der Waals surface area contributed by atoms with Gasteiger partial charge in [0.1, 0.15) is 17.2 Å². The molecule has 0 spiro atoms. The lowest BCUT2D eigenvalue weighted by molar-refractivity contribution is 0.0958. The Morgan fingerprint density at radius 2 is 2.07 bits per heavy atom. The maximum Gasteiger partial charge on any atom is 0.269 e. The minimum atomic E-state index is -0.236. The number of thiazole rings is 1. The van der Waals surface area contributed by atoms with Crippen LogP contribution >= 0.6 is 11.3 Å². The number of aromatic nitrogens is 2. The zero-order valence-corrected chi connectivity index (χ0v) is 16.5. The first-order valence-corrected chi connectivity index (χ1v) is 10.5. The molecule has 2 fully saturated rings. The molecule has 28 heavy (non-hydrogen) atoms. The number of rotatable bonds is 5. The number of amides is 1. The number of hydrogen-bond acceptors (Lipinski definition) is 6. The quantitative estimate of drug-likeness (QED) is 0.669. The van der Waals surface area contributed by atoms with Crippen LogP contribution in [-0.2, 0) is 0 Å². The summed E-state index contributed by atoms with van der Waals surface area (Å²) in [6.07, 6.45) is 6.99. The van der Waals surface area contributed by atoms with Gasteiger partial charge < -0.3 is 15.4 Å². The number of benzene rings is 1. The van der Waals surface area contributed by atoms with Gasteiger partial charge in [-0.3, -0.25) is 9.78 Å². The average Bonchev–Trinajstić information content (AvgIpc) is 3.42. The van der Waals surface area contributed by atoms with Gasteiger partial charge in [-0.25, -0.2) is 4.98 Å². The Balaban J connectivity index is 1.33. The highest BCUT2D eigenvalue weighted by molar-refractivity contribution is 7.22. The van der Waals surface area contributed by atoms with Crippen LogP contribution in [-0.4, -0.2) is 29.0 Å². The second kappa shape index (κ2) is 7.05. The minimum absolute atomic E-state index is 0.236. The smallest absolute Gasteiger partial charge is 0.269 e. The highest BCUT2D eigenvalue weighted by Crippen LogP contribution is 2.46. The number of pyridine rings is 1. The van der Waals surface area contributed by atoms with Crippen molar-refractivity contribution in [1.82, 2.24) is 15.3 Å². The topological polar surface area (TPSA) is 76.1 Å². The fourth-order valence-corrected chi connectivity index (χ4v) is 5.43. The molecule has 2 N–H and O–H groups in total. The van der Waals surface area contributed by atoms with Crippen LogP contribution in [0.5, 0.6) is 11.5 Å². The molecule has 1 aromatic carbocycles. The molecular weight excluding hydrogens is 372 g/mol. The largest absolute Gasteiger partial charge is 0.457 e. The monoisotopic (exact) mass is 394 g/mol. The number of carbonyl (C=O) groups is 1. The Morgan fingerprint density at radius 3 is 2.86 bits per heavy atom. The molecule has 0 aliphatic heterocycles. The summed E-state index contributed by atoms with van der Waals surface area (Å²) in [4.78, 5) is 20.5. The molecule has 2 bridgehead atoms. The standard InChI is InChI=1S/C21H22N4O2S/c1-22-20(26)18-10-15(6-7-23-18)27-14-4-5-16-19(11-14)28-21(24-16)25-17-9-12-2-3-13(17)8-12/h4-7,10-13,17H,2-3,8-9H2,1H3,(H,22,26)(H,24,25)/t12-,13-,17-/m1/s1. The summed E-state index contributed by atoms with van der Waals surface area (Å²) < 4.78 is 7.03. The van der Waals surface area contributed by atoms with Crippen LogP contribution < -0.4 is 15.4 Å². The SMILES string of the molecule is CNC(=O)c1cc(Oc2ccc3nc(N[C@@H]4C[C@@H]5CC[C@@H]4C5)sc3c2)ccn1. The van der Waals surface area contributed by atoms with E-state index in [2.05, 4.69) is 15.6 Å². The Labute approximate surface area is 167 Å². The van der Waals surface area contributed by atoms with Crippen molar-refractivity contribution in [1.29, 1.82) is 0 Å². The molecule has 0 unspecified atom stereocenters. The van der Waals surface area contributed by atoms with E-state index in [4.69, 9.17) is 9.72 Å². The first-order valence-electron chi connectivity index (χ1n) is 9.71. The van der Waals surface area contributed by atoms with E-state index in [0.29, 0.717) is 17.5 Å². The fraction of sp³-hybridized carbons (Fsp3) is 0.381. The third-order valence-corrected chi connectivity index (χ3v) is 6.78. The summed E-state index contributed by atoms with van der Waals surface area (Å²) in [5.74, 6) is 2.79. The van der Waals surface area contributed by atoms with E-state index >= 15 is 0 Å². The number of ether oxygens (including phenoxy) is 1. The zero-order chi connectivity index (χ0) is 19.1. The van der Waals surface area contributed by atoms with Gasteiger partial charge in [-0.05, 0) is 49.3 Å². The molecule has 3 atom stereocenters. The van der Waals surface area contributed by atoms with Gasteiger partial charge in [0.05, 0.1) is 10.2 Å². The zero-order valence-electron chi connectivity index (χ0n) is 15.6. The number of nitrogens with zero attached hydrogens (tertiary/aromatic N) is 2. The van der Waals surface area contributed by atoms with E-state index < -0.39 is 0 Å².